The lowest BCUT2D eigenvalue weighted by Gasteiger charge is -2.12. The normalized spacial score (nSPS) is 10.1. The highest BCUT2D eigenvalue weighted by Gasteiger charge is 2.17. The van der Waals surface area contributed by atoms with Gasteiger partial charge in [-0.1, -0.05) is 12.1 Å². The van der Waals surface area contributed by atoms with E-state index in [1.165, 1.54) is 7.05 Å². The average molecular weight is 360 g/mol. The maximum absolute atomic E-state index is 12.3. The first-order valence-electron chi connectivity index (χ1n) is 7.23. The summed E-state index contributed by atoms with van der Waals surface area (Å²) in [6.45, 7) is 0. The van der Waals surface area contributed by atoms with Gasteiger partial charge in [0.25, 0.3) is 5.91 Å². The molecule has 0 saturated carbocycles. The average Bonchev–Trinajstić information content (AvgIpc) is 3.00. The second-order valence-corrected chi connectivity index (χ2v) is 5.32. The zero-order chi connectivity index (χ0) is 17.3. The van der Waals surface area contributed by atoms with Crippen molar-refractivity contribution in [2.45, 2.75) is 0 Å². The van der Waals surface area contributed by atoms with Gasteiger partial charge in [0.1, 0.15) is 11.4 Å². The summed E-state index contributed by atoms with van der Waals surface area (Å²) < 4.78 is 5.87. The molecule has 0 spiro atoms. The second-order valence-electron chi connectivity index (χ2n) is 5.32. The van der Waals surface area contributed by atoms with Gasteiger partial charge in [-0.25, -0.2) is 0 Å². The van der Waals surface area contributed by atoms with E-state index < -0.39 is 5.91 Å². The number of halogens is 1. The number of rotatable bonds is 3. The van der Waals surface area contributed by atoms with E-state index in [1.807, 2.05) is 12.1 Å². The quantitative estimate of drug-likeness (QED) is 0.326. The fourth-order valence-corrected chi connectivity index (χ4v) is 2.28. The highest BCUT2D eigenvalue weighted by Crippen LogP contribution is 2.30. The van der Waals surface area contributed by atoms with Gasteiger partial charge in [0.15, 0.2) is 11.7 Å². The van der Waals surface area contributed by atoms with E-state index in [4.69, 9.17) is 21.6 Å². The van der Waals surface area contributed by atoms with Crippen LogP contribution in [-0.4, -0.2) is 28.8 Å². The molecule has 6 N–H and O–H groups in total. The Hall–Kier alpha value is -3.19. The van der Waals surface area contributed by atoms with Crippen LogP contribution in [0, 0.1) is 5.41 Å². The first kappa shape index (κ1) is 18.2. The van der Waals surface area contributed by atoms with E-state index in [0.29, 0.717) is 28.4 Å². The maximum atomic E-state index is 12.3. The van der Waals surface area contributed by atoms with Crippen molar-refractivity contribution in [1.29, 1.82) is 5.41 Å². The van der Waals surface area contributed by atoms with Gasteiger partial charge in [0.2, 0.25) is 0 Å². The summed E-state index contributed by atoms with van der Waals surface area (Å²) >= 11 is 0. The van der Waals surface area contributed by atoms with Gasteiger partial charge in [-0.15, -0.1) is 12.4 Å². The Kier molecular flexibility index (Phi) is 5.19. The molecule has 3 rings (SSSR count). The van der Waals surface area contributed by atoms with Crippen molar-refractivity contribution >= 4 is 40.9 Å². The lowest BCUT2D eigenvalue weighted by Crippen LogP contribution is -2.38. The number of hydrogen-bond acceptors (Lipinski definition) is 4. The summed E-state index contributed by atoms with van der Waals surface area (Å²) in [5.74, 6) is 0.510. The minimum Gasteiger partial charge on any atom is -0.455 e. The Morgan fingerprint density at radius 3 is 2.52 bits per heavy atom. The molecule has 0 fully saturated rings. The van der Waals surface area contributed by atoms with E-state index in [2.05, 4.69) is 4.98 Å². The largest absolute Gasteiger partial charge is 0.455 e. The summed E-state index contributed by atoms with van der Waals surface area (Å²) in [4.78, 5) is 16.4. The van der Waals surface area contributed by atoms with Crippen molar-refractivity contribution in [2.24, 2.45) is 5.73 Å². The number of carbonyl (C=O) groups is 1. The molecule has 25 heavy (non-hydrogen) atoms. The van der Waals surface area contributed by atoms with Gasteiger partial charge < -0.3 is 21.2 Å². The van der Waals surface area contributed by atoms with Crippen LogP contribution in [0.1, 0.15) is 10.5 Å². The molecule has 0 bridgehead atoms. The molecule has 1 amide bonds. The van der Waals surface area contributed by atoms with Crippen molar-refractivity contribution in [2.75, 3.05) is 12.8 Å². The van der Waals surface area contributed by atoms with E-state index in [1.54, 1.807) is 36.4 Å². The number of para-hydroxylation sites is 1. The molecule has 0 saturated heterocycles. The van der Waals surface area contributed by atoms with Crippen LogP contribution in [-0.2, 0) is 0 Å². The number of ether oxygens (including phenoxy) is 1. The maximum Gasteiger partial charge on any atom is 0.276 e. The molecule has 130 valence electrons. The molecule has 0 radical (unpaired) electrons. The second kappa shape index (κ2) is 7.14. The third kappa shape index (κ3) is 3.67. The molecular formula is C17H18ClN5O2. The number of nitrogens with zero attached hydrogens (tertiary/aromatic N) is 1. The number of nitrogens with two attached hydrogens (primary N) is 2. The number of aromatic amines is 1. The van der Waals surface area contributed by atoms with Crippen molar-refractivity contribution < 1.29 is 9.53 Å². The summed E-state index contributed by atoms with van der Waals surface area (Å²) in [5.41, 5.74) is 12.7. The predicted octanol–water partition coefficient (Wildman–Crippen LogP) is 2.93. The molecule has 1 heterocycles. The number of amides is 1. The summed E-state index contributed by atoms with van der Waals surface area (Å²) in [7, 11) is 1.45. The number of benzene rings is 2. The fourth-order valence-electron chi connectivity index (χ4n) is 2.28. The molecule has 7 nitrogen and oxygen atoms in total. The monoisotopic (exact) mass is 359 g/mol. The van der Waals surface area contributed by atoms with Gasteiger partial charge in [0.05, 0.1) is 5.52 Å². The molecule has 0 aliphatic rings. The third-order valence-electron chi connectivity index (χ3n) is 3.62. The van der Waals surface area contributed by atoms with Gasteiger partial charge in [-0.3, -0.25) is 15.1 Å². The molecule has 0 aliphatic heterocycles. The third-order valence-corrected chi connectivity index (χ3v) is 3.62. The van der Waals surface area contributed by atoms with Crippen LogP contribution >= 0.6 is 12.4 Å². The Balaban J connectivity index is 0.00000225. The van der Waals surface area contributed by atoms with Crippen LogP contribution in [0.3, 0.4) is 0 Å². The van der Waals surface area contributed by atoms with Crippen LogP contribution in [0.2, 0.25) is 0 Å². The number of nitrogen functional groups attached to an aromatic ring is 1. The van der Waals surface area contributed by atoms with E-state index >= 15 is 0 Å². The Labute approximate surface area is 150 Å². The molecule has 0 atom stereocenters. The van der Waals surface area contributed by atoms with Gasteiger partial charge in [-0.05, 0) is 36.4 Å². The smallest absolute Gasteiger partial charge is 0.276 e. The number of anilines is 1. The number of hydrogen-bond donors (Lipinski definition) is 4. The zero-order valence-electron chi connectivity index (χ0n) is 13.4. The first-order valence-corrected chi connectivity index (χ1v) is 7.23. The van der Waals surface area contributed by atoms with Gasteiger partial charge in [-0.2, -0.15) is 0 Å². The number of carbonyl (C=O) groups excluding carboxylic acids is 1. The molecule has 0 aliphatic carbocycles. The number of nitrogens with one attached hydrogen (secondary N) is 2. The Morgan fingerprint density at radius 1 is 1.20 bits per heavy atom. The van der Waals surface area contributed by atoms with Crippen LogP contribution < -0.4 is 16.2 Å². The highest BCUT2D eigenvalue weighted by atomic mass is 35.5. The Bertz CT molecular complexity index is 920. The predicted molar refractivity (Wildman–Crippen MR) is 100 cm³/mol. The van der Waals surface area contributed by atoms with E-state index in [-0.39, 0.29) is 18.4 Å². The molecule has 8 heteroatoms. The highest BCUT2D eigenvalue weighted by molar-refractivity contribution is 6.06. The van der Waals surface area contributed by atoms with E-state index in [0.717, 1.165) is 10.3 Å². The first-order chi connectivity index (χ1) is 11.5. The molecular weight excluding hydrogens is 342 g/mol. The molecule has 3 aromatic rings. The van der Waals surface area contributed by atoms with Crippen LogP contribution in [0.15, 0.2) is 48.5 Å². The van der Waals surface area contributed by atoms with Crippen molar-refractivity contribution in [1.82, 2.24) is 9.88 Å². The molecule has 2 aromatic carbocycles. The van der Waals surface area contributed by atoms with Crippen LogP contribution in [0.25, 0.3) is 10.9 Å². The van der Waals surface area contributed by atoms with Gasteiger partial charge >= 0.3 is 0 Å². The zero-order valence-corrected chi connectivity index (χ0v) is 14.3. The van der Waals surface area contributed by atoms with Crippen LogP contribution in [0.5, 0.6) is 11.5 Å². The minimum atomic E-state index is -0.392. The molecule has 0 unspecified atom stereocenters. The number of fused-ring (bicyclic) bond motifs is 1. The lowest BCUT2D eigenvalue weighted by atomic mass is 10.2. The SMILES string of the molecule is CN(C(=N)N)C(=O)c1cc2cccc(Oc3ccc(N)cc3)c2[nH]1.Cl. The summed E-state index contributed by atoms with van der Waals surface area (Å²) in [6.07, 6.45) is 0. The van der Waals surface area contributed by atoms with Crippen molar-refractivity contribution in [3.05, 3.63) is 54.2 Å². The number of H-pyrrole nitrogens is 1. The Morgan fingerprint density at radius 2 is 1.88 bits per heavy atom. The standard InChI is InChI=1S/C17H17N5O2.ClH/c1-22(17(19)20)16(23)13-9-10-3-2-4-14(15(10)21-13)24-12-7-5-11(18)6-8-12;/h2-9,21H,18H2,1H3,(H3,19,20);1H. The van der Waals surface area contributed by atoms with Crippen molar-refractivity contribution in [3.63, 3.8) is 0 Å². The fraction of sp³-hybridized carbons (Fsp3) is 0.0588. The van der Waals surface area contributed by atoms with Crippen LogP contribution in [0.4, 0.5) is 5.69 Å². The lowest BCUT2D eigenvalue weighted by molar-refractivity contribution is 0.0864. The minimum absolute atomic E-state index is 0. The summed E-state index contributed by atoms with van der Waals surface area (Å²) in [6, 6.07) is 14.3. The summed E-state index contributed by atoms with van der Waals surface area (Å²) in [5, 5.41) is 8.18. The topological polar surface area (TPSA) is 121 Å². The number of guanidine groups is 1. The van der Waals surface area contributed by atoms with Crippen molar-refractivity contribution in [3.8, 4) is 11.5 Å². The number of aromatic nitrogens is 1. The van der Waals surface area contributed by atoms with Gasteiger partial charge in [0, 0.05) is 18.1 Å². The molecule has 1 aromatic heterocycles. The van der Waals surface area contributed by atoms with E-state index in [9.17, 15) is 4.79 Å².